The summed E-state index contributed by atoms with van der Waals surface area (Å²) in [5, 5.41) is 0.236. The van der Waals surface area contributed by atoms with Gasteiger partial charge in [-0.25, -0.2) is 0 Å². The van der Waals surface area contributed by atoms with Gasteiger partial charge >= 0.3 is 0 Å². The molecule has 1 rings (SSSR count). The fourth-order valence-electron chi connectivity index (χ4n) is 1.09. The SMILES string of the molecule is CCc1ccc(CCC(C)Cl)o1. The lowest BCUT2D eigenvalue weighted by Gasteiger charge is -1.98. The molecule has 1 heterocycles. The van der Waals surface area contributed by atoms with Crippen LogP contribution in [0.1, 0.15) is 31.8 Å². The molecule has 0 bridgehead atoms. The Morgan fingerprint density at radius 1 is 1.42 bits per heavy atom. The Labute approximate surface area is 78.7 Å². The van der Waals surface area contributed by atoms with Crippen molar-refractivity contribution in [1.82, 2.24) is 0 Å². The summed E-state index contributed by atoms with van der Waals surface area (Å²) in [4.78, 5) is 0. The number of aryl methyl sites for hydroxylation is 2. The summed E-state index contributed by atoms with van der Waals surface area (Å²) in [5.74, 6) is 2.12. The van der Waals surface area contributed by atoms with Crippen LogP contribution < -0.4 is 0 Å². The van der Waals surface area contributed by atoms with Gasteiger partial charge in [-0.05, 0) is 25.5 Å². The van der Waals surface area contributed by atoms with Crippen LogP contribution in [0.15, 0.2) is 16.5 Å². The molecule has 1 unspecified atom stereocenters. The molecular formula is C10H15ClO. The Hall–Kier alpha value is -0.430. The average molecular weight is 187 g/mol. The molecule has 68 valence electrons. The van der Waals surface area contributed by atoms with E-state index in [1.165, 1.54) is 0 Å². The van der Waals surface area contributed by atoms with Gasteiger partial charge in [0.05, 0.1) is 0 Å². The van der Waals surface area contributed by atoms with Gasteiger partial charge < -0.3 is 4.42 Å². The number of rotatable bonds is 4. The summed E-state index contributed by atoms with van der Waals surface area (Å²) in [6.45, 7) is 4.10. The molecule has 0 saturated carbocycles. The molecule has 1 aromatic heterocycles. The monoisotopic (exact) mass is 186 g/mol. The van der Waals surface area contributed by atoms with Gasteiger partial charge in [0.15, 0.2) is 0 Å². The van der Waals surface area contributed by atoms with Gasteiger partial charge in [-0.15, -0.1) is 11.6 Å². The number of hydrogen-bond acceptors (Lipinski definition) is 1. The zero-order valence-corrected chi connectivity index (χ0v) is 8.40. The molecule has 0 N–H and O–H groups in total. The van der Waals surface area contributed by atoms with Crippen molar-refractivity contribution in [1.29, 1.82) is 0 Å². The van der Waals surface area contributed by atoms with Crippen LogP contribution in [0, 0.1) is 0 Å². The van der Waals surface area contributed by atoms with Gasteiger partial charge in [-0.1, -0.05) is 6.92 Å². The van der Waals surface area contributed by atoms with Crippen LogP contribution in [-0.4, -0.2) is 5.38 Å². The van der Waals surface area contributed by atoms with Crippen LogP contribution in [0.4, 0.5) is 0 Å². The molecule has 0 saturated heterocycles. The minimum atomic E-state index is 0.236. The van der Waals surface area contributed by atoms with E-state index >= 15 is 0 Å². The van der Waals surface area contributed by atoms with E-state index in [0.717, 1.165) is 30.8 Å². The maximum absolute atomic E-state index is 5.83. The second kappa shape index (κ2) is 4.56. The Morgan fingerprint density at radius 2 is 2.08 bits per heavy atom. The fourth-order valence-corrected chi connectivity index (χ4v) is 1.20. The highest BCUT2D eigenvalue weighted by Gasteiger charge is 2.02. The molecule has 0 fully saturated rings. The van der Waals surface area contributed by atoms with E-state index < -0.39 is 0 Å². The highest BCUT2D eigenvalue weighted by Crippen LogP contribution is 2.12. The Bertz CT molecular complexity index is 227. The topological polar surface area (TPSA) is 13.1 Å². The van der Waals surface area contributed by atoms with Crippen molar-refractivity contribution in [3.63, 3.8) is 0 Å². The molecule has 1 atom stereocenters. The van der Waals surface area contributed by atoms with E-state index in [-0.39, 0.29) is 5.38 Å². The third-order valence-electron chi connectivity index (χ3n) is 1.85. The van der Waals surface area contributed by atoms with Gasteiger partial charge in [-0.3, -0.25) is 0 Å². The van der Waals surface area contributed by atoms with Crippen molar-refractivity contribution in [2.45, 2.75) is 38.5 Å². The fraction of sp³-hybridized carbons (Fsp3) is 0.600. The molecule has 1 nitrogen and oxygen atoms in total. The summed E-state index contributed by atoms with van der Waals surface area (Å²) >= 11 is 5.83. The highest BCUT2D eigenvalue weighted by atomic mass is 35.5. The predicted molar refractivity (Wildman–Crippen MR) is 51.7 cm³/mol. The van der Waals surface area contributed by atoms with Crippen LogP contribution >= 0.6 is 11.6 Å². The van der Waals surface area contributed by atoms with E-state index in [1.54, 1.807) is 0 Å². The maximum Gasteiger partial charge on any atom is 0.104 e. The number of furan rings is 1. The summed E-state index contributed by atoms with van der Waals surface area (Å²) in [7, 11) is 0. The Kier molecular flexibility index (Phi) is 3.67. The van der Waals surface area contributed by atoms with Crippen LogP contribution in [0.3, 0.4) is 0 Å². The van der Waals surface area contributed by atoms with E-state index in [4.69, 9.17) is 16.0 Å². The quantitative estimate of drug-likeness (QED) is 0.657. The van der Waals surface area contributed by atoms with Crippen LogP contribution in [0.5, 0.6) is 0 Å². The zero-order valence-electron chi connectivity index (χ0n) is 7.64. The lowest BCUT2D eigenvalue weighted by Crippen LogP contribution is -1.92. The standard InChI is InChI=1S/C10H15ClO/c1-3-9-6-7-10(12-9)5-4-8(2)11/h6-8H,3-5H2,1-2H3. The first kappa shape index (κ1) is 9.66. The van der Waals surface area contributed by atoms with Crippen LogP contribution in [0.25, 0.3) is 0 Å². The number of halogens is 1. The van der Waals surface area contributed by atoms with Crippen molar-refractivity contribution in [2.75, 3.05) is 0 Å². The van der Waals surface area contributed by atoms with Crippen molar-refractivity contribution in [3.8, 4) is 0 Å². The van der Waals surface area contributed by atoms with E-state index in [0.29, 0.717) is 0 Å². The molecule has 12 heavy (non-hydrogen) atoms. The molecule has 0 spiro atoms. The molecule has 0 amide bonds. The van der Waals surface area contributed by atoms with Crippen molar-refractivity contribution in [2.24, 2.45) is 0 Å². The first-order chi connectivity index (χ1) is 5.72. The molecule has 0 aliphatic heterocycles. The van der Waals surface area contributed by atoms with Crippen LogP contribution in [0.2, 0.25) is 0 Å². The minimum Gasteiger partial charge on any atom is -0.466 e. The second-order valence-electron chi connectivity index (χ2n) is 3.04. The third-order valence-corrected chi connectivity index (χ3v) is 2.07. The van der Waals surface area contributed by atoms with Crippen molar-refractivity contribution >= 4 is 11.6 Å². The van der Waals surface area contributed by atoms with E-state index in [2.05, 4.69) is 6.92 Å². The van der Waals surface area contributed by atoms with Gasteiger partial charge in [0.2, 0.25) is 0 Å². The summed E-state index contributed by atoms with van der Waals surface area (Å²) in [6.07, 6.45) is 2.90. The molecule has 0 aromatic carbocycles. The largest absolute Gasteiger partial charge is 0.466 e. The molecule has 0 radical (unpaired) electrons. The third kappa shape index (κ3) is 2.90. The lowest BCUT2D eigenvalue weighted by atomic mass is 10.2. The lowest BCUT2D eigenvalue weighted by molar-refractivity contribution is 0.463. The predicted octanol–water partition coefficient (Wildman–Crippen LogP) is 3.40. The second-order valence-corrected chi connectivity index (χ2v) is 3.79. The maximum atomic E-state index is 5.83. The highest BCUT2D eigenvalue weighted by molar-refractivity contribution is 6.20. The van der Waals surface area contributed by atoms with Gasteiger partial charge in [0.25, 0.3) is 0 Å². The normalized spacial score (nSPS) is 13.2. The van der Waals surface area contributed by atoms with Crippen molar-refractivity contribution < 1.29 is 4.42 Å². The minimum absolute atomic E-state index is 0.236. The van der Waals surface area contributed by atoms with E-state index in [1.807, 2.05) is 19.1 Å². The summed E-state index contributed by atoms with van der Waals surface area (Å²) < 4.78 is 5.52. The first-order valence-corrected chi connectivity index (χ1v) is 4.87. The van der Waals surface area contributed by atoms with Gasteiger partial charge in [-0.2, -0.15) is 0 Å². The Morgan fingerprint density at radius 3 is 2.58 bits per heavy atom. The molecular weight excluding hydrogens is 172 g/mol. The number of hydrogen-bond donors (Lipinski definition) is 0. The average Bonchev–Trinajstić information content (AvgIpc) is 2.48. The smallest absolute Gasteiger partial charge is 0.104 e. The van der Waals surface area contributed by atoms with Crippen LogP contribution in [-0.2, 0) is 12.8 Å². The first-order valence-electron chi connectivity index (χ1n) is 4.44. The van der Waals surface area contributed by atoms with Gasteiger partial charge in [0.1, 0.15) is 11.5 Å². The molecule has 0 aliphatic rings. The van der Waals surface area contributed by atoms with Crippen molar-refractivity contribution in [3.05, 3.63) is 23.7 Å². The molecule has 0 aliphatic carbocycles. The molecule has 2 heteroatoms. The van der Waals surface area contributed by atoms with E-state index in [9.17, 15) is 0 Å². The number of alkyl halides is 1. The summed E-state index contributed by atoms with van der Waals surface area (Å²) in [6, 6.07) is 4.08. The summed E-state index contributed by atoms with van der Waals surface area (Å²) in [5.41, 5.74) is 0. The Balaban J connectivity index is 2.41. The molecule has 1 aromatic rings. The van der Waals surface area contributed by atoms with Gasteiger partial charge in [0, 0.05) is 18.2 Å². The zero-order chi connectivity index (χ0) is 8.97.